The summed E-state index contributed by atoms with van der Waals surface area (Å²) in [7, 11) is 0. The molecule has 3 rings (SSSR count). The van der Waals surface area contributed by atoms with Crippen LogP contribution in [0.1, 0.15) is 12.8 Å². The standard InChI is InChI=1S/C13H17FN6/c14-11-8-16-4-1-10(11)12-17-13(19-18-12)20-5-2-9(7-15)3-6-20/h1,4,8-9H,2-3,5-7,15H2,(H,17,18,19). The number of nitrogens with one attached hydrogen (secondary N) is 1. The van der Waals surface area contributed by atoms with E-state index in [0.717, 1.165) is 32.5 Å². The van der Waals surface area contributed by atoms with Gasteiger partial charge in [-0.25, -0.2) is 4.39 Å². The van der Waals surface area contributed by atoms with Crippen molar-refractivity contribution < 1.29 is 4.39 Å². The molecule has 6 nitrogen and oxygen atoms in total. The maximum Gasteiger partial charge on any atom is 0.245 e. The summed E-state index contributed by atoms with van der Waals surface area (Å²) in [5.41, 5.74) is 6.07. The average molecular weight is 276 g/mol. The molecule has 2 aromatic rings. The first-order chi connectivity index (χ1) is 9.78. The number of nitrogens with zero attached hydrogens (tertiary/aromatic N) is 4. The third-order valence-corrected chi connectivity index (χ3v) is 3.73. The Balaban J connectivity index is 1.76. The molecule has 7 heteroatoms. The van der Waals surface area contributed by atoms with Crippen LogP contribution < -0.4 is 10.6 Å². The first kappa shape index (κ1) is 13.0. The van der Waals surface area contributed by atoms with Crippen molar-refractivity contribution in [3.8, 4) is 11.4 Å². The predicted octanol–water partition coefficient (Wildman–Crippen LogP) is 1.18. The van der Waals surface area contributed by atoms with Crippen molar-refractivity contribution >= 4 is 5.95 Å². The minimum absolute atomic E-state index is 0.385. The Morgan fingerprint density at radius 3 is 2.90 bits per heavy atom. The fraction of sp³-hybridized carbons (Fsp3) is 0.462. The molecule has 0 unspecified atom stereocenters. The molecule has 3 N–H and O–H groups in total. The van der Waals surface area contributed by atoms with E-state index in [4.69, 9.17) is 5.73 Å². The van der Waals surface area contributed by atoms with Gasteiger partial charge in [0.2, 0.25) is 5.95 Å². The monoisotopic (exact) mass is 276 g/mol. The summed E-state index contributed by atoms with van der Waals surface area (Å²) in [5.74, 6) is 1.23. The average Bonchev–Trinajstić information content (AvgIpc) is 2.97. The molecular formula is C13H17FN6. The normalized spacial score (nSPS) is 16.6. The number of hydrogen-bond acceptors (Lipinski definition) is 5. The van der Waals surface area contributed by atoms with E-state index in [1.165, 1.54) is 12.4 Å². The van der Waals surface area contributed by atoms with E-state index in [-0.39, 0.29) is 0 Å². The van der Waals surface area contributed by atoms with Crippen molar-refractivity contribution in [2.45, 2.75) is 12.8 Å². The molecule has 0 saturated carbocycles. The summed E-state index contributed by atoms with van der Waals surface area (Å²) in [6.07, 6.45) is 4.80. The summed E-state index contributed by atoms with van der Waals surface area (Å²) in [4.78, 5) is 10.2. The number of hydrogen-bond donors (Lipinski definition) is 2. The minimum Gasteiger partial charge on any atom is -0.340 e. The number of nitrogens with two attached hydrogens (primary N) is 1. The number of halogens is 1. The summed E-state index contributed by atoms with van der Waals surface area (Å²) in [6, 6.07) is 1.58. The summed E-state index contributed by atoms with van der Waals surface area (Å²) in [6.45, 7) is 2.51. The number of pyridine rings is 1. The van der Waals surface area contributed by atoms with Crippen LogP contribution in [0.3, 0.4) is 0 Å². The van der Waals surface area contributed by atoms with Crippen LogP contribution in [0.4, 0.5) is 10.3 Å². The summed E-state index contributed by atoms with van der Waals surface area (Å²) in [5, 5.41) is 6.97. The van der Waals surface area contributed by atoms with Gasteiger partial charge in [-0.3, -0.25) is 10.1 Å². The number of rotatable bonds is 3. The lowest BCUT2D eigenvalue weighted by Crippen LogP contribution is -2.36. The van der Waals surface area contributed by atoms with Gasteiger partial charge in [0.1, 0.15) is 0 Å². The molecule has 0 spiro atoms. The van der Waals surface area contributed by atoms with Crippen LogP contribution in [0.25, 0.3) is 11.4 Å². The van der Waals surface area contributed by atoms with Gasteiger partial charge >= 0.3 is 0 Å². The molecule has 1 aliphatic rings. The van der Waals surface area contributed by atoms with Crippen molar-refractivity contribution in [3.63, 3.8) is 0 Å². The molecule has 2 aromatic heterocycles. The Labute approximate surface area is 116 Å². The second-order valence-electron chi connectivity index (χ2n) is 5.01. The Morgan fingerprint density at radius 2 is 2.20 bits per heavy atom. The zero-order valence-corrected chi connectivity index (χ0v) is 11.1. The molecule has 0 radical (unpaired) electrons. The molecule has 0 bridgehead atoms. The SMILES string of the molecule is NCC1CCN(c2n[nH]c(-c3ccncc3F)n2)CC1. The molecule has 0 amide bonds. The number of piperidine rings is 1. The summed E-state index contributed by atoms with van der Waals surface area (Å²) < 4.78 is 13.6. The lowest BCUT2D eigenvalue weighted by molar-refractivity contribution is 0.411. The summed E-state index contributed by atoms with van der Waals surface area (Å²) >= 11 is 0. The van der Waals surface area contributed by atoms with Gasteiger partial charge in [-0.1, -0.05) is 0 Å². The van der Waals surface area contributed by atoms with Crippen LogP contribution in [0.15, 0.2) is 18.5 Å². The van der Waals surface area contributed by atoms with E-state index in [2.05, 4.69) is 25.1 Å². The highest BCUT2D eigenvalue weighted by atomic mass is 19.1. The zero-order valence-electron chi connectivity index (χ0n) is 11.1. The first-order valence-electron chi connectivity index (χ1n) is 6.75. The van der Waals surface area contributed by atoms with Gasteiger partial charge in [-0.05, 0) is 31.4 Å². The third-order valence-electron chi connectivity index (χ3n) is 3.73. The van der Waals surface area contributed by atoms with Crippen LogP contribution in [-0.2, 0) is 0 Å². The fourth-order valence-electron chi connectivity index (χ4n) is 2.45. The molecular weight excluding hydrogens is 259 g/mol. The van der Waals surface area contributed by atoms with Crippen LogP contribution in [0.5, 0.6) is 0 Å². The molecule has 1 aliphatic heterocycles. The third kappa shape index (κ3) is 2.49. The number of aromatic nitrogens is 4. The fourth-order valence-corrected chi connectivity index (χ4v) is 2.45. The predicted molar refractivity (Wildman–Crippen MR) is 73.6 cm³/mol. The van der Waals surface area contributed by atoms with E-state index in [1.807, 2.05) is 0 Å². The van der Waals surface area contributed by atoms with Crippen molar-refractivity contribution in [1.82, 2.24) is 20.2 Å². The van der Waals surface area contributed by atoms with Gasteiger partial charge in [0.25, 0.3) is 0 Å². The van der Waals surface area contributed by atoms with E-state index < -0.39 is 5.82 Å². The number of anilines is 1. The van der Waals surface area contributed by atoms with Crippen LogP contribution in [0.2, 0.25) is 0 Å². The van der Waals surface area contributed by atoms with Crippen LogP contribution in [0, 0.1) is 11.7 Å². The number of H-pyrrole nitrogens is 1. The zero-order chi connectivity index (χ0) is 13.9. The largest absolute Gasteiger partial charge is 0.340 e. The second-order valence-corrected chi connectivity index (χ2v) is 5.01. The Kier molecular flexibility index (Phi) is 3.60. The van der Waals surface area contributed by atoms with Crippen LogP contribution in [-0.4, -0.2) is 39.8 Å². The van der Waals surface area contributed by atoms with Gasteiger partial charge in [0.05, 0.1) is 11.8 Å². The Hall–Kier alpha value is -2.02. The van der Waals surface area contributed by atoms with E-state index in [1.54, 1.807) is 6.07 Å². The van der Waals surface area contributed by atoms with E-state index >= 15 is 0 Å². The molecule has 3 heterocycles. The van der Waals surface area contributed by atoms with Crippen molar-refractivity contribution in [2.24, 2.45) is 11.7 Å². The van der Waals surface area contributed by atoms with Crippen molar-refractivity contribution in [2.75, 3.05) is 24.5 Å². The lowest BCUT2D eigenvalue weighted by atomic mass is 9.97. The molecule has 0 aromatic carbocycles. The second kappa shape index (κ2) is 5.54. The molecule has 0 atom stereocenters. The van der Waals surface area contributed by atoms with Gasteiger partial charge < -0.3 is 10.6 Å². The first-order valence-corrected chi connectivity index (χ1v) is 6.75. The minimum atomic E-state index is -0.406. The van der Waals surface area contributed by atoms with Gasteiger partial charge in [-0.2, -0.15) is 4.98 Å². The molecule has 1 fully saturated rings. The molecule has 20 heavy (non-hydrogen) atoms. The van der Waals surface area contributed by atoms with Crippen molar-refractivity contribution in [3.05, 3.63) is 24.3 Å². The highest BCUT2D eigenvalue weighted by Gasteiger charge is 2.21. The number of aromatic amines is 1. The van der Waals surface area contributed by atoms with Crippen LogP contribution >= 0.6 is 0 Å². The highest BCUT2D eigenvalue weighted by molar-refractivity contribution is 5.56. The lowest BCUT2D eigenvalue weighted by Gasteiger charge is -2.30. The Morgan fingerprint density at radius 1 is 1.40 bits per heavy atom. The van der Waals surface area contributed by atoms with E-state index in [9.17, 15) is 4.39 Å². The maximum atomic E-state index is 13.6. The van der Waals surface area contributed by atoms with Gasteiger partial charge in [0.15, 0.2) is 11.6 Å². The molecule has 0 aliphatic carbocycles. The smallest absolute Gasteiger partial charge is 0.245 e. The van der Waals surface area contributed by atoms with E-state index in [0.29, 0.717) is 23.3 Å². The van der Waals surface area contributed by atoms with Gasteiger partial charge in [-0.15, -0.1) is 5.10 Å². The Bertz CT molecular complexity index is 576. The van der Waals surface area contributed by atoms with Gasteiger partial charge in [0, 0.05) is 19.3 Å². The molecule has 106 valence electrons. The topological polar surface area (TPSA) is 83.7 Å². The quantitative estimate of drug-likeness (QED) is 0.879. The maximum absolute atomic E-state index is 13.6. The van der Waals surface area contributed by atoms with Crippen molar-refractivity contribution in [1.29, 1.82) is 0 Å². The highest BCUT2D eigenvalue weighted by Crippen LogP contribution is 2.23. The molecule has 1 saturated heterocycles.